The Morgan fingerprint density at radius 3 is 2.37 bits per heavy atom. The first kappa shape index (κ1) is 20.5. The van der Waals surface area contributed by atoms with Crippen molar-refractivity contribution >= 4 is 38.9 Å². The summed E-state index contributed by atoms with van der Waals surface area (Å²) in [5.41, 5.74) is 2.95. The van der Waals surface area contributed by atoms with Crippen molar-refractivity contribution in [3.05, 3.63) is 64.3 Å². The van der Waals surface area contributed by atoms with Gasteiger partial charge in [0, 0.05) is 42.0 Å². The normalized spacial score (nSPS) is 14.8. The summed E-state index contributed by atoms with van der Waals surface area (Å²) in [6.07, 6.45) is 0. The van der Waals surface area contributed by atoms with Crippen LogP contribution in [0.5, 0.6) is 0 Å². The summed E-state index contributed by atoms with van der Waals surface area (Å²) in [7, 11) is 0. The van der Waals surface area contributed by atoms with E-state index < -0.39 is 0 Å². The fourth-order valence-electron chi connectivity index (χ4n) is 3.79. The minimum Gasteiger partial charge on any atom is -0.335 e. The van der Waals surface area contributed by atoms with Crippen LogP contribution in [-0.4, -0.2) is 54.3 Å². The highest BCUT2D eigenvalue weighted by atomic mass is 32.1. The molecule has 0 aliphatic carbocycles. The lowest BCUT2D eigenvalue weighted by molar-refractivity contribution is -0.117. The van der Waals surface area contributed by atoms with Crippen molar-refractivity contribution in [3.63, 3.8) is 0 Å². The third-order valence-electron chi connectivity index (χ3n) is 5.49. The largest absolute Gasteiger partial charge is 0.335 e. The third kappa shape index (κ3) is 4.22. The van der Waals surface area contributed by atoms with E-state index in [0.717, 1.165) is 21.5 Å². The first-order valence-electron chi connectivity index (χ1n) is 9.98. The highest BCUT2D eigenvalue weighted by Crippen LogP contribution is 2.28. The van der Waals surface area contributed by atoms with Crippen LogP contribution in [0.4, 0.5) is 10.1 Å². The molecule has 1 saturated heterocycles. The van der Waals surface area contributed by atoms with Gasteiger partial charge in [0.25, 0.3) is 5.91 Å². The molecule has 7 heteroatoms. The van der Waals surface area contributed by atoms with Crippen LogP contribution in [0.2, 0.25) is 0 Å². The number of aryl methyl sites for hydroxylation is 2. The van der Waals surface area contributed by atoms with Crippen molar-refractivity contribution in [1.82, 2.24) is 9.80 Å². The van der Waals surface area contributed by atoms with Crippen LogP contribution in [0.1, 0.15) is 20.8 Å². The Morgan fingerprint density at radius 2 is 1.70 bits per heavy atom. The second-order valence-electron chi connectivity index (χ2n) is 7.65. The molecule has 5 nitrogen and oxygen atoms in total. The van der Waals surface area contributed by atoms with Crippen molar-refractivity contribution in [1.29, 1.82) is 0 Å². The van der Waals surface area contributed by atoms with Crippen LogP contribution in [0.25, 0.3) is 10.1 Å². The minimum atomic E-state index is -0.303. The van der Waals surface area contributed by atoms with Gasteiger partial charge < -0.3 is 10.2 Å². The van der Waals surface area contributed by atoms with Gasteiger partial charge in [-0.05, 0) is 43.2 Å². The predicted molar refractivity (Wildman–Crippen MR) is 119 cm³/mol. The molecule has 1 aliphatic heterocycles. The van der Waals surface area contributed by atoms with E-state index in [1.54, 1.807) is 17.0 Å². The van der Waals surface area contributed by atoms with E-state index in [0.29, 0.717) is 43.0 Å². The van der Waals surface area contributed by atoms with E-state index in [2.05, 4.69) is 10.2 Å². The number of rotatable bonds is 4. The lowest BCUT2D eigenvalue weighted by Gasteiger charge is -2.34. The molecule has 1 aromatic heterocycles. The maximum Gasteiger partial charge on any atom is 0.264 e. The van der Waals surface area contributed by atoms with Crippen LogP contribution in [0.3, 0.4) is 0 Å². The topological polar surface area (TPSA) is 52.7 Å². The van der Waals surface area contributed by atoms with Crippen LogP contribution in [0, 0.1) is 19.7 Å². The van der Waals surface area contributed by atoms with E-state index in [4.69, 9.17) is 0 Å². The van der Waals surface area contributed by atoms with Gasteiger partial charge in [-0.25, -0.2) is 4.39 Å². The monoisotopic (exact) mass is 425 g/mol. The minimum absolute atomic E-state index is 0.0489. The Balaban J connectivity index is 1.33. The maximum atomic E-state index is 13.9. The molecule has 0 saturated carbocycles. The number of para-hydroxylation sites is 1. The van der Waals surface area contributed by atoms with Crippen molar-refractivity contribution in [2.45, 2.75) is 13.8 Å². The van der Waals surface area contributed by atoms with Gasteiger partial charge >= 0.3 is 0 Å². The number of anilines is 1. The number of fused-ring (bicyclic) bond motifs is 1. The van der Waals surface area contributed by atoms with Crippen LogP contribution in [0.15, 0.2) is 42.5 Å². The zero-order chi connectivity index (χ0) is 21.3. The van der Waals surface area contributed by atoms with E-state index in [-0.39, 0.29) is 17.6 Å². The van der Waals surface area contributed by atoms with Gasteiger partial charge in [0.15, 0.2) is 0 Å². The number of hydrogen-bond acceptors (Lipinski definition) is 4. The lowest BCUT2D eigenvalue weighted by atomic mass is 10.1. The molecule has 156 valence electrons. The average Bonchev–Trinajstić information content (AvgIpc) is 3.17. The molecule has 0 spiro atoms. The molecular formula is C23H24FN3O2S. The summed E-state index contributed by atoms with van der Waals surface area (Å²) in [5.74, 6) is -0.426. The fraction of sp³-hybridized carbons (Fsp3) is 0.304. The van der Waals surface area contributed by atoms with Gasteiger partial charge in [-0.2, -0.15) is 0 Å². The third-order valence-corrected chi connectivity index (χ3v) is 6.58. The number of carbonyl (C=O) groups is 2. The van der Waals surface area contributed by atoms with E-state index in [1.807, 2.05) is 38.1 Å². The first-order valence-corrected chi connectivity index (χ1v) is 10.8. The molecule has 4 rings (SSSR count). The number of thiophene rings is 1. The molecule has 0 unspecified atom stereocenters. The van der Waals surface area contributed by atoms with E-state index in [1.165, 1.54) is 17.4 Å². The summed E-state index contributed by atoms with van der Waals surface area (Å²) in [6, 6.07) is 12.5. The Morgan fingerprint density at radius 1 is 1.03 bits per heavy atom. The molecule has 2 heterocycles. The molecule has 0 bridgehead atoms. The lowest BCUT2D eigenvalue weighted by Crippen LogP contribution is -2.50. The Labute approximate surface area is 179 Å². The van der Waals surface area contributed by atoms with Crippen molar-refractivity contribution in [2.75, 3.05) is 38.0 Å². The average molecular weight is 426 g/mol. The standard InChI is InChI=1S/C23H24FN3O2S/c1-15-5-3-6-16(2)22(15)25-21(28)14-26-9-11-27(12-10-26)23(29)20-13-17-18(24)7-4-8-19(17)30-20/h3-8,13H,9-12,14H2,1-2H3,(H,25,28). The number of nitrogens with zero attached hydrogens (tertiary/aromatic N) is 2. The highest BCUT2D eigenvalue weighted by molar-refractivity contribution is 7.20. The molecule has 1 N–H and O–H groups in total. The molecule has 0 radical (unpaired) electrons. The number of nitrogens with one attached hydrogen (secondary N) is 1. The SMILES string of the molecule is Cc1cccc(C)c1NC(=O)CN1CCN(C(=O)c2cc3c(F)cccc3s2)CC1. The summed E-state index contributed by atoms with van der Waals surface area (Å²) in [6.45, 7) is 6.61. The van der Waals surface area contributed by atoms with Crippen molar-refractivity contribution in [3.8, 4) is 0 Å². The summed E-state index contributed by atoms with van der Waals surface area (Å²) < 4.78 is 14.7. The molecule has 2 amide bonds. The van der Waals surface area contributed by atoms with E-state index >= 15 is 0 Å². The van der Waals surface area contributed by atoms with Gasteiger partial charge in [-0.1, -0.05) is 24.3 Å². The number of benzene rings is 2. The number of amides is 2. The van der Waals surface area contributed by atoms with E-state index in [9.17, 15) is 14.0 Å². The zero-order valence-corrected chi connectivity index (χ0v) is 17.9. The van der Waals surface area contributed by atoms with Crippen LogP contribution >= 0.6 is 11.3 Å². The summed E-state index contributed by atoms with van der Waals surface area (Å²) in [5, 5.41) is 3.50. The van der Waals surface area contributed by atoms with Crippen molar-refractivity contribution < 1.29 is 14.0 Å². The molecular weight excluding hydrogens is 401 g/mol. The van der Waals surface area contributed by atoms with Crippen LogP contribution < -0.4 is 5.32 Å². The number of halogens is 1. The molecule has 3 aromatic rings. The number of carbonyl (C=O) groups excluding carboxylic acids is 2. The number of hydrogen-bond donors (Lipinski definition) is 1. The van der Waals surface area contributed by atoms with Gasteiger partial charge in [-0.3, -0.25) is 14.5 Å². The summed E-state index contributed by atoms with van der Waals surface area (Å²) in [4.78, 5) is 29.7. The maximum absolute atomic E-state index is 13.9. The van der Waals surface area contributed by atoms with Gasteiger partial charge in [-0.15, -0.1) is 11.3 Å². The first-order chi connectivity index (χ1) is 14.4. The molecule has 0 atom stereocenters. The Kier molecular flexibility index (Phi) is 5.83. The second-order valence-corrected chi connectivity index (χ2v) is 8.73. The number of piperazine rings is 1. The highest BCUT2D eigenvalue weighted by Gasteiger charge is 2.25. The Hall–Kier alpha value is -2.77. The molecule has 1 aliphatic rings. The quantitative estimate of drug-likeness (QED) is 0.686. The van der Waals surface area contributed by atoms with Gasteiger partial charge in [0.05, 0.1) is 11.4 Å². The smallest absolute Gasteiger partial charge is 0.264 e. The Bertz CT molecular complexity index is 1080. The fourth-order valence-corrected chi connectivity index (χ4v) is 4.83. The molecule has 2 aromatic carbocycles. The van der Waals surface area contributed by atoms with Gasteiger partial charge in [0.1, 0.15) is 5.82 Å². The second kappa shape index (κ2) is 8.53. The van der Waals surface area contributed by atoms with Crippen molar-refractivity contribution in [2.24, 2.45) is 0 Å². The van der Waals surface area contributed by atoms with Crippen LogP contribution in [-0.2, 0) is 4.79 Å². The summed E-state index contributed by atoms with van der Waals surface area (Å²) >= 11 is 1.32. The zero-order valence-electron chi connectivity index (χ0n) is 17.1. The van der Waals surface area contributed by atoms with Gasteiger partial charge in [0.2, 0.25) is 5.91 Å². The molecule has 30 heavy (non-hydrogen) atoms. The molecule has 1 fully saturated rings. The predicted octanol–water partition coefficient (Wildman–Crippen LogP) is 4.05.